The van der Waals surface area contributed by atoms with Crippen molar-refractivity contribution in [3.63, 3.8) is 0 Å². The second-order valence-corrected chi connectivity index (χ2v) is 4.06. The average Bonchev–Trinajstić information content (AvgIpc) is 2.66. The lowest BCUT2D eigenvalue weighted by Crippen LogP contribution is -2.25. The zero-order valence-corrected chi connectivity index (χ0v) is 6.67. The van der Waals surface area contributed by atoms with Gasteiger partial charge in [0, 0.05) is 17.8 Å². The number of aliphatic hydroxyl groups excluding tert-OH is 2. The zero-order chi connectivity index (χ0) is 8.29. The van der Waals surface area contributed by atoms with Crippen molar-refractivity contribution < 1.29 is 10.2 Å². The van der Waals surface area contributed by atoms with E-state index in [0.29, 0.717) is 5.92 Å². The Morgan fingerprint density at radius 3 is 2.17 bits per heavy atom. The van der Waals surface area contributed by atoms with Gasteiger partial charge in [0.05, 0.1) is 12.2 Å². The van der Waals surface area contributed by atoms with Crippen molar-refractivity contribution in [3.05, 3.63) is 24.3 Å². The molecule has 2 nitrogen and oxygen atoms in total. The molecule has 0 amide bonds. The maximum absolute atomic E-state index is 9.74. The third-order valence-corrected chi connectivity index (χ3v) is 3.60. The number of hydrogen-bond donors (Lipinski definition) is 2. The van der Waals surface area contributed by atoms with Crippen LogP contribution in [0.4, 0.5) is 0 Å². The fourth-order valence-electron chi connectivity index (χ4n) is 3.05. The van der Waals surface area contributed by atoms with Gasteiger partial charge in [-0.05, 0) is 5.92 Å². The minimum Gasteiger partial charge on any atom is -0.392 e. The van der Waals surface area contributed by atoms with Crippen LogP contribution in [0.15, 0.2) is 24.3 Å². The molecule has 0 radical (unpaired) electrons. The van der Waals surface area contributed by atoms with Crippen molar-refractivity contribution in [3.8, 4) is 0 Å². The minimum atomic E-state index is -0.329. The quantitative estimate of drug-likeness (QED) is 0.506. The van der Waals surface area contributed by atoms with Crippen LogP contribution in [-0.4, -0.2) is 22.4 Å². The summed E-state index contributed by atoms with van der Waals surface area (Å²) in [7, 11) is 0. The second-order valence-electron chi connectivity index (χ2n) is 4.06. The maximum atomic E-state index is 9.74. The van der Waals surface area contributed by atoms with Crippen molar-refractivity contribution in [1.82, 2.24) is 0 Å². The number of hydrogen-bond acceptors (Lipinski definition) is 2. The van der Waals surface area contributed by atoms with E-state index in [-0.39, 0.29) is 30.0 Å². The summed E-state index contributed by atoms with van der Waals surface area (Å²) in [5.41, 5.74) is 0. The SMILES string of the molecule is O[C@H]1[C@H]2C=C[C@@H]1[C@H]1C=C[C@@H](O)[C@@H]21. The Morgan fingerprint density at radius 2 is 1.42 bits per heavy atom. The molecular formula is C10H12O2. The van der Waals surface area contributed by atoms with Gasteiger partial charge in [-0.1, -0.05) is 24.3 Å². The highest BCUT2D eigenvalue weighted by Gasteiger charge is 2.53. The molecule has 1 saturated carbocycles. The molecular weight excluding hydrogens is 152 g/mol. The summed E-state index contributed by atoms with van der Waals surface area (Å²) in [4.78, 5) is 0. The van der Waals surface area contributed by atoms with Crippen molar-refractivity contribution in [1.29, 1.82) is 0 Å². The first kappa shape index (κ1) is 6.87. The normalized spacial score (nSPS) is 59.8. The Balaban J connectivity index is 2.03. The van der Waals surface area contributed by atoms with E-state index in [1.54, 1.807) is 0 Å². The van der Waals surface area contributed by atoms with Crippen LogP contribution >= 0.6 is 0 Å². The van der Waals surface area contributed by atoms with Crippen LogP contribution in [0.25, 0.3) is 0 Å². The van der Waals surface area contributed by atoms with Crippen LogP contribution in [0.1, 0.15) is 0 Å². The third-order valence-electron chi connectivity index (χ3n) is 3.60. The fourth-order valence-corrected chi connectivity index (χ4v) is 3.05. The van der Waals surface area contributed by atoms with Crippen molar-refractivity contribution in [2.24, 2.45) is 23.7 Å². The topological polar surface area (TPSA) is 40.5 Å². The monoisotopic (exact) mass is 164 g/mol. The predicted molar refractivity (Wildman–Crippen MR) is 44.3 cm³/mol. The summed E-state index contributed by atoms with van der Waals surface area (Å²) in [6, 6.07) is 0. The maximum Gasteiger partial charge on any atom is 0.0761 e. The first-order chi connectivity index (χ1) is 5.79. The number of rotatable bonds is 0. The third kappa shape index (κ3) is 0.595. The van der Waals surface area contributed by atoms with Crippen LogP contribution in [0.3, 0.4) is 0 Å². The highest BCUT2D eigenvalue weighted by atomic mass is 16.3. The van der Waals surface area contributed by atoms with Gasteiger partial charge >= 0.3 is 0 Å². The van der Waals surface area contributed by atoms with Crippen molar-refractivity contribution >= 4 is 0 Å². The molecule has 0 aromatic heterocycles. The van der Waals surface area contributed by atoms with Gasteiger partial charge in [-0.2, -0.15) is 0 Å². The van der Waals surface area contributed by atoms with Gasteiger partial charge in [-0.3, -0.25) is 0 Å². The fraction of sp³-hybridized carbons (Fsp3) is 0.600. The Labute approximate surface area is 71.2 Å². The zero-order valence-electron chi connectivity index (χ0n) is 6.67. The molecule has 0 unspecified atom stereocenters. The van der Waals surface area contributed by atoms with E-state index in [1.165, 1.54) is 0 Å². The molecule has 6 atom stereocenters. The number of aliphatic hydroxyl groups is 2. The lowest BCUT2D eigenvalue weighted by Gasteiger charge is -2.21. The molecule has 0 heterocycles. The van der Waals surface area contributed by atoms with Crippen LogP contribution < -0.4 is 0 Å². The van der Waals surface area contributed by atoms with Gasteiger partial charge in [0.1, 0.15) is 0 Å². The summed E-state index contributed by atoms with van der Waals surface area (Å²) < 4.78 is 0. The molecule has 3 aliphatic rings. The summed E-state index contributed by atoms with van der Waals surface area (Å²) in [5, 5.41) is 19.4. The molecule has 2 bridgehead atoms. The molecule has 12 heavy (non-hydrogen) atoms. The minimum absolute atomic E-state index is 0.199. The molecule has 1 fully saturated rings. The molecule has 3 aliphatic carbocycles. The van der Waals surface area contributed by atoms with Gasteiger partial charge < -0.3 is 10.2 Å². The first-order valence-corrected chi connectivity index (χ1v) is 4.52. The molecule has 2 N–H and O–H groups in total. The smallest absolute Gasteiger partial charge is 0.0761 e. The van der Waals surface area contributed by atoms with E-state index < -0.39 is 0 Å². The molecule has 0 spiro atoms. The van der Waals surface area contributed by atoms with E-state index in [9.17, 15) is 10.2 Å². The van der Waals surface area contributed by atoms with Gasteiger partial charge in [0.15, 0.2) is 0 Å². The predicted octanol–water partition coefficient (Wildman–Crippen LogP) is 0.326. The molecule has 64 valence electrons. The van der Waals surface area contributed by atoms with Crippen LogP contribution in [0, 0.1) is 23.7 Å². The van der Waals surface area contributed by atoms with Crippen molar-refractivity contribution in [2.75, 3.05) is 0 Å². The highest BCUT2D eigenvalue weighted by Crippen LogP contribution is 2.52. The molecule has 0 saturated heterocycles. The first-order valence-electron chi connectivity index (χ1n) is 4.52. The van der Waals surface area contributed by atoms with E-state index >= 15 is 0 Å². The standard InChI is InChI=1S/C10H12O2/c11-8-4-3-5-6-1-2-7(9(5)8)10(6)12/h1-12H/t5-,6-,7+,8-,9-,10-/m1/s1. The summed E-state index contributed by atoms with van der Waals surface area (Å²) in [6.07, 6.45) is 7.52. The molecule has 0 aliphatic heterocycles. The highest BCUT2D eigenvalue weighted by molar-refractivity contribution is 5.27. The van der Waals surface area contributed by atoms with Gasteiger partial charge in [0.2, 0.25) is 0 Å². The lowest BCUT2D eigenvalue weighted by molar-refractivity contribution is 0.0966. The van der Waals surface area contributed by atoms with Crippen molar-refractivity contribution in [2.45, 2.75) is 12.2 Å². The van der Waals surface area contributed by atoms with E-state index in [4.69, 9.17) is 0 Å². The second kappa shape index (κ2) is 2.01. The van der Waals surface area contributed by atoms with Crippen LogP contribution in [0.5, 0.6) is 0 Å². The van der Waals surface area contributed by atoms with Gasteiger partial charge in [-0.15, -0.1) is 0 Å². The number of fused-ring (bicyclic) bond motifs is 5. The number of allylic oxidation sites excluding steroid dienone is 1. The summed E-state index contributed by atoms with van der Waals surface area (Å²) in [6.45, 7) is 0. The van der Waals surface area contributed by atoms with E-state index in [2.05, 4.69) is 18.2 Å². The van der Waals surface area contributed by atoms with Crippen LogP contribution in [0.2, 0.25) is 0 Å². The van der Waals surface area contributed by atoms with Crippen LogP contribution in [-0.2, 0) is 0 Å². The summed E-state index contributed by atoms with van der Waals surface area (Å²) >= 11 is 0. The Kier molecular flexibility index (Phi) is 1.15. The molecule has 0 aromatic rings. The Bertz CT molecular complexity index is 269. The lowest BCUT2D eigenvalue weighted by atomic mass is 9.84. The van der Waals surface area contributed by atoms with Gasteiger partial charge in [0.25, 0.3) is 0 Å². The largest absolute Gasteiger partial charge is 0.392 e. The molecule has 2 heteroatoms. The summed E-state index contributed by atoms with van der Waals surface area (Å²) in [5.74, 6) is 1.12. The average molecular weight is 164 g/mol. The molecule has 0 aromatic carbocycles. The Hall–Kier alpha value is -0.600. The molecule has 3 rings (SSSR count). The van der Waals surface area contributed by atoms with Gasteiger partial charge in [-0.25, -0.2) is 0 Å². The van der Waals surface area contributed by atoms with E-state index in [0.717, 1.165) is 0 Å². The Morgan fingerprint density at radius 1 is 0.750 bits per heavy atom. The van der Waals surface area contributed by atoms with E-state index in [1.807, 2.05) is 6.08 Å².